The zero-order valence-corrected chi connectivity index (χ0v) is 13.2. The summed E-state index contributed by atoms with van der Waals surface area (Å²) in [5, 5.41) is 0. The van der Waals surface area contributed by atoms with Gasteiger partial charge < -0.3 is 4.74 Å². The third-order valence-corrected chi connectivity index (χ3v) is 3.11. The maximum atomic E-state index is 11.5. The van der Waals surface area contributed by atoms with Crippen LogP contribution in [-0.2, 0) is 9.53 Å². The lowest BCUT2D eigenvalue weighted by Gasteiger charge is -2.14. The monoisotopic (exact) mass is 284 g/mol. The molecule has 0 spiro atoms. The first-order valence-corrected chi connectivity index (χ1v) is 7.25. The van der Waals surface area contributed by atoms with E-state index in [0.29, 0.717) is 5.92 Å². The van der Waals surface area contributed by atoms with Crippen molar-refractivity contribution < 1.29 is 9.53 Å². The lowest BCUT2D eigenvalue weighted by atomic mass is 9.94. The van der Waals surface area contributed by atoms with Crippen LogP contribution in [0.4, 0.5) is 0 Å². The summed E-state index contributed by atoms with van der Waals surface area (Å²) in [5.41, 5.74) is 0.789. The highest BCUT2D eigenvalue weighted by Crippen LogP contribution is 2.21. The van der Waals surface area contributed by atoms with Gasteiger partial charge in [0, 0.05) is 12.3 Å². The van der Waals surface area contributed by atoms with Crippen molar-refractivity contribution in [2.45, 2.75) is 39.5 Å². The van der Waals surface area contributed by atoms with Crippen LogP contribution in [0.15, 0.2) is 43.0 Å². The number of esters is 1. The number of carbonyl (C=O) groups excluding carboxylic acids is 1. The maximum absolute atomic E-state index is 11.5. The fourth-order valence-corrected chi connectivity index (χ4v) is 1.81. The van der Waals surface area contributed by atoms with E-state index < -0.39 is 5.41 Å². The molecule has 0 saturated carbocycles. The van der Waals surface area contributed by atoms with Gasteiger partial charge in [0.25, 0.3) is 0 Å². The minimum Gasteiger partial charge on any atom is -0.452 e. The van der Waals surface area contributed by atoms with Crippen LogP contribution in [0.5, 0.6) is 0 Å². The second kappa shape index (κ2) is 8.32. The summed E-state index contributed by atoms with van der Waals surface area (Å²) in [4.78, 5) is 11.5. The molecule has 0 aliphatic heterocycles. The highest BCUT2D eigenvalue weighted by atomic mass is 16.5. The number of carbonyl (C=O) groups is 1. The molecule has 112 valence electrons. The van der Waals surface area contributed by atoms with Gasteiger partial charge in [-0.3, -0.25) is 4.79 Å². The van der Waals surface area contributed by atoms with Crippen molar-refractivity contribution in [2.75, 3.05) is 6.61 Å². The summed E-state index contributed by atoms with van der Waals surface area (Å²) < 4.78 is 5.09. The van der Waals surface area contributed by atoms with Crippen molar-refractivity contribution >= 4 is 5.97 Å². The van der Waals surface area contributed by atoms with Gasteiger partial charge in [-0.25, -0.2) is 0 Å². The molecule has 0 aromatic heterocycles. The predicted molar refractivity (Wildman–Crippen MR) is 86.8 cm³/mol. The second-order valence-electron chi connectivity index (χ2n) is 5.97. The van der Waals surface area contributed by atoms with E-state index >= 15 is 0 Å². The Morgan fingerprint density at radius 2 is 1.95 bits per heavy atom. The fraction of sp³-hybridized carbons (Fsp3) is 0.421. The van der Waals surface area contributed by atoms with Gasteiger partial charge >= 0.3 is 5.97 Å². The van der Waals surface area contributed by atoms with Crippen LogP contribution in [0.3, 0.4) is 0 Å². The molecule has 21 heavy (non-hydrogen) atoms. The largest absolute Gasteiger partial charge is 0.452 e. The molecule has 1 aromatic carbocycles. The number of rotatable bonds is 5. The molecular formula is C19H24O2. The molecule has 0 N–H and O–H groups in total. The molecule has 1 rings (SSSR count). The number of allylic oxidation sites excluding steroid dienone is 1. The summed E-state index contributed by atoms with van der Waals surface area (Å²) >= 11 is 0. The molecule has 0 fully saturated rings. The molecule has 0 aliphatic carbocycles. The Labute approximate surface area is 128 Å². The van der Waals surface area contributed by atoms with Crippen LogP contribution < -0.4 is 0 Å². The van der Waals surface area contributed by atoms with Gasteiger partial charge in [0.05, 0.1) is 5.41 Å². The van der Waals surface area contributed by atoms with Crippen molar-refractivity contribution in [1.82, 2.24) is 0 Å². The van der Waals surface area contributed by atoms with Crippen LogP contribution >= 0.6 is 0 Å². The third-order valence-electron chi connectivity index (χ3n) is 3.11. The van der Waals surface area contributed by atoms with Crippen molar-refractivity contribution in [3.63, 3.8) is 0 Å². The zero-order chi connectivity index (χ0) is 15.7. The summed E-state index contributed by atoms with van der Waals surface area (Å²) in [7, 11) is 0. The average Bonchev–Trinajstić information content (AvgIpc) is 2.46. The van der Waals surface area contributed by atoms with E-state index in [4.69, 9.17) is 4.74 Å². The Kier molecular flexibility index (Phi) is 6.75. The molecule has 2 heteroatoms. The van der Waals surface area contributed by atoms with Gasteiger partial charge in [0.2, 0.25) is 0 Å². The van der Waals surface area contributed by atoms with Gasteiger partial charge in [-0.15, -0.1) is 6.58 Å². The highest BCUT2D eigenvalue weighted by Gasteiger charge is 2.22. The normalized spacial score (nSPS) is 12.0. The molecule has 0 heterocycles. The maximum Gasteiger partial charge on any atom is 0.312 e. The van der Waals surface area contributed by atoms with Gasteiger partial charge in [-0.2, -0.15) is 0 Å². The first-order chi connectivity index (χ1) is 9.95. The predicted octanol–water partition coefficient (Wildman–Crippen LogP) is 4.33. The molecule has 0 aliphatic rings. The van der Waals surface area contributed by atoms with E-state index in [-0.39, 0.29) is 12.6 Å². The van der Waals surface area contributed by atoms with E-state index in [0.717, 1.165) is 12.8 Å². The van der Waals surface area contributed by atoms with Crippen molar-refractivity contribution in [3.8, 4) is 11.8 Å². The van der Waals surface area contributed by atoms with E-state index in [1.807, 2.05) is 45.0 Å². The van der Waals surface area contributed by atoms with Gasteiger partial charge in [0.1, 0.15) is 0 Å². The summed E-state index contributed by atoms with van der Waals surface area (Å²) in [6.45, 7) is 9.54. The number of benzene rings is 1. The van der Waals surface area contributed by atoms with Crippen molar-refractivity contribution in [3.05, 3.63) is 48.6 Å². The Morgan fingerprint density at radius 1 is 1.29 bits per heavy atom. The van der Waals surface area contributed by atoms with Crippen molar-refractivity contribution in [2.24, 2.45) is 5.41 Å². The molecule has 1 atom stereocenters. The standard InChI is InChI=1S/C19H24O2/c1-5-16(17-13-8-6-9-14-17)12-10-7-11-15-21-18(20)19(2,3)4/h5-6,8-9,13-14,16H,1,10,12,15H2,2-4H3. The lowest BCUT2D eigenvalue weighted by Crippen LogP contribution is -2.22. The molecular weight excluding hydrogens is 260 g/mol. The number of ether oxygens (including phenoxy) is 1. The van der Waals surface area contributed by atoms with Crippen LogP contribution in [0.25, 0.3) is 0 Å². The highest BCUT2D eigenvalue weighted by molar-refractivity contribution is 5.75. The zero-order valence-electron chi connectivity index (χ0n) is 13.2. The molecule has 0 bridgehead atoms. The van der Waals surface area contributed by atoms with E-state index in [1.165, 1.54) is 5.56 Å². The minimum absolute atomic E-state index is 0.167. The number of hydrogen-bond donors (Lipinski definition) is 0. The van der Waals surface area contributed by atoms with E-state index in [1.54, 1.807) is 0 Å². The van der Waals surface area contributed by atoms with Gasteiger partial charge in [0.15, 0.2) is 6.61 Å². The Hall–Kier alpha value is -2.01. The van der Waals surface area contributed by atoms with Crippen LogP contribution in [-0.4, -0.2) is 12.6 Å². The molecule has 0 amide bonds. The van der Waals surface area contributed by atoms with Gasteiger partial charge in [-0.05, 0) is 32.8 Å². The minimum atomic E-state index is -0.469. The second-order valence-corrected chi connectivity index (χ2v) is 5.97. The average molecular weight is 284 g/mol. The smallest absolute Gasteiger partial charge is 0.312 e. The molecule has 0 radical (unpaired) electrons. The van der Waals surface area contributed by atoms with Crippen LogP contribution in [0.2, 0.25) is 0 Å². The Bertz CT molecular complexity index is 512. The number of hydrogen-bond acceptors (Lipinski definition) is 2. The lowest BCUT2D eigenvalue weighted by molar-refractivity contribution is -0.151. The first-order valence-electron chi connectivity index (χ1n) is 7.25. The summed E-state index contributed by atoms with van der Waals surface area (Å²) in [6, 6.07) is 10.3. The first kappa shape index (κ1) is 17.0. The van der Waals surface area contributed by atoms with Gasteiger partial charge in [-0.1, -0.05) is 48.2 Å². The molecule has 2 nitrogen and oxygen atoms in total. The SMILES string of the molecule is C=CC(CCC#CCOC(=O)C(C)(C)C)c1ccccc1. The topological polar surface area (TPSA) is 26.3 Å². The van der Waals surface area contributed by atoms with Crippen LogP contribution in [0, 0.1) is 17.3 Å². The van der Waals surface area contributed by atoms with Crippen LogP contribution in [0.1, 0.15) is 45.1 Å². The Balaban J connectivity index is 2.35. The molecule has 1 aromatic rings. The molecule has 0 saturated heterocycles. The quantitative estimate of drug-likeness (QED) is 0.457. The summed E-state index contributed by atoms with van der Waals surface area (Å²) in [6.07, 6.45) is 3.64. The Morgan fingerprint density at radius 3 is 2.52 bits per heavy atom. The fourth-order valence-electron chi connectivity index (χ4n) is 1.81. The molecule has 1 unspecified atom stereocenters. The van der Waals surface area contributed by atoms with E-state index in [9.17, 15) is 4.79 Å². The third kappa shape index (κ3) is 6.31. The summed E-state index contributed by atoms with van der Waals surface area (Å²) in [5.74, 6) is 6.04. The van der Waals surface area contributed by atoms with Crippen molar-refractivity contribution in [1.29, 1.82) is 0 Å². The van der Waals surface area contributed by atoms with E-state index in [2.05, 4.69) is 30.6 Å².